The van der Waals surface area contributed by atoms with Crippen LogP contribution in [0.25, 0.3) is 10.2 Å². The molecule has 3 rings (SSSR count). The van der Waals surface area contributed by atoms with Crippen LogP contribution in [0, 0.1) is 6.92 Å². The van der Waals surface area contributed by atoms with E-state index in [2.05, 4.69) is 33.5 Å². The molecule has 0 fully saturated rings. The van der Waals surface area contributed by atoms with Crippen molar-refractivity contribution in [1.29, 1.82) is 0 Å². The quantitative estimate of drug-likeness (QED) is 0.767. The van der Waals surface area contributed by atoms with Crippen LogP contribution >= 0.6 is 11.3 Å². The van der Waals surface area contributed by atoms with Crippen LogP contribution in [0.4, 0.5) is 5.13 Å². The number of aliphatic hydroxyl groups excluding tert-OH is 1. The Hall–Kier alpha value is -1.99. The Morgan fingerprint density at radius 1 is 1.45 bits per heavy atom. The molecule has 20 heavy (non-hydrogen) atoms. The molecular weight excluding hydrogens is 274 g/mol. The SMILES string of the molecule is Cc1cccc2nc(NC(CO)c3nncn3C)sc12. The van der Waals surface area contributed by atoms with E-state index in [1.165, 1.54) is 5.56 Å². The molecular formula is C13H15N5OS. The summed E-state index contributed by atoms with van der Waals surface area (Å²) >= 11 is 1.58. The van der Waals surface area contributed by atoms with Gasteiger partial charge in [0.25, 0.3) is 0 Å². The number of nitrogens with zero attached hydrogens (tertiary/aromatic N) is 4. The lowest BCUT2D eigenvalue weighted by molar-refractivity contribution is 0.270. The minimum Gasteiger partial charge on any atom is -0.394 e. The summed E-state index contributed by atoms with van der Waals surface area (Å²) in [6, 6.07) is 5.73. The maximum absolute atomic E-state index is 9.55. The lowest BCUT2D eigenvalue weighted by Gasteiger charge is -2.13. The van der Waals surface area contributed by atoms with E-state index in [0.29, 0.717) is 5.82 Å². The van der Waals surface area contributed by atoms with Gasteiger partial charge in [-0.3, -0.25) is 0 Å². The van der Waals surface area contributed by atoms with Gasteiger partial charge in [0, 0.05) is 7.05 Å². The number of hydrogen-bond acceptors (Lipinski definition) is 6. The highest BCUT2D eigenvalue weighted by Crippen LogP contribution is 2.30. The summed E-state index contributed by atoms with van der Waals surface area (Å²) < 4.78 is 2.94. The van der Waals surface area contributed by atoms with Crippen LogP contribution < -0.4 is 5.32 Å². The fraction of sp³-hybridized carbons (Fsp3) is 0.308. The molecule has 1 atom stereocenters. The Balaban J connectivity index is 1.92. The van der Waals surface area contributed by atoms with Crippen LogP contribution in [0.1, 0.15) is 17.4 Å². The van der Waals surface area contributed by atoms with Gasteiger partial charge < -0.3 is 15.0 Å². The van der Waals surface area contributed by atoms with E-state index in [-0.39, 0.29) is 12.6 Å². The van der Waals surface area contributed by atoms with Crippen molar-refractivity contribution in [2.45, 2.75) is 13.0 Å². The second-order valence-electron chi connectivity index (χ2n) is 4.62. The Kier molecular flexibility index (Phi) is 3.37. The average Bonchev–Trinajstić information content (AvgIpc) is 3.03. The van der Waals surface area contributed by atoms with E-state index < -0.39 is 0 Å². The first-order chi connectivity index (χ1) is 9.69. The summed E-state index contributed by atoms with van der Waals surface area (Å²) in [6.07, 6.45) is 1.61. The van der Waals surface area contributed by atoms with Crippen molar-refractivity contribution < 1.29 is 5.11 Å². The zero-order chi connectivity index (χ0) is 14.1. The molecule has 1 aromatic carbocycles. The smallest absolute Gasteiger partial charge is 0.184 e. The monoisotopic (exact) mass is 289 g/mol. The highest BCUT2D eigenvalue weighted by atomic mass is 32.1. The highest BCUT2D eigenvalue weighted by Gasteiger charge is 2.17. The number of benzene rings is 1. The maximum atomic E-state index is 9.55. The van der Waals surface area contributed by atoms with Gasteiger partial charge in [0.2, 0.25) is 0 Å². The number of nitrogens with one attached hydrogen (secondary N) is 1. The number of hydrogen-bond donors (Lipinski definition) is 2. The fourth-order valence-electron chi connectivity index (χ4n) is 2.10. The number of thiazole rings is 1. The molecule has 2 heterocycles. The molecule has 0 radical (unpaired) electrons. The van der Waals surface area contributed by atoms with Crippen molar-refractivity contribution in [2.24, 2.45) is 7.05 Å². The second-order valence-corrected chi connectivity index (χ2v) is 5.62. The lowest BCUT2D eigenvalue weighted by atomic mass is 10.2. The van der Waals surface area contributed by atoms with Crippen LogP contribution in [0.5, 0.6) is 0 Å². The van der Waals surface area contributed by atoms with Crippen molar-refractivity contribution in [1.82, 2.24) is 19.7 Å². The first-order valence-corrected chi connectivity index (χ1v) is 7.08. The van der Waals surface area contributed by atoms with E-state index in [1.807, 2.05) is 19.2 Å². The number of rotatable bonds is 4. The molecule has 0 aliphatic rings. The zero-order valence-corrected chi connectivity index (χ0v) is 12.1. The first-order valence-electron chi connectivity index (χ1n) is 6.26. The zero-order valence-electron chi connectivity index (χ0n) is 11.2. The van der Waals surface area contributed by atoms with Gasteiger partial charge in [-0.05, 0) is 18.6 Å². The fourth-order valence-corrected chi connectivity index (χ4v) is 3.08. The van der Waals surface area contributed by atoms with Gasteiger partial charge in [0.05, 0.1) is 16.8 Å². The summed E-state index contributed by atoms with van der Waals surface area (Å²) in [4.78, 5) is 4.54. The van der Waals surface area contributed by atoms with Gasteiger partial charge in [-0.2, -0.15) is 0 Å². The third-order valence-electron chi connectivity index (χ3n) is 3.15. The highest BCUT2D eigenvalue weighted by molar-refractivity contribution is 7.22. The lowest BCUT2D eigenvalue weighted by Crippen LogP contribution is -2.18. The molecule has 0 saturated heterocycles. The topological polar surface area (TPSA) is 75.9 Å². The molecule has 2 N–H and O–H groups in total. The molecule has 0 saturated carbocycles. The number of fused-ring (bicyclic) bond motifs is 1. The van der Waals surface area contributed by atoms with E-state index in [0.717, 1.165) is 15.3 Å². The molecule has 0 bridgehead atoms. The van der Waals surface area contributed by atoms with Gasteiger partial charge in [-0.25, -0.2) is 4.98 Å². The molecule has 0 aliphatic heterocycles. The van der Waals surface area contributed by atoms with E-state index in [9.17, 15) is 5.11 Å². The summed E-state index contributed by atoms with van der Waals surface area (Å²) in [5.41, 5.74) is 2.17. The number of aliphatic hydroxyl groups is 1. The molecule has 1 unspecified atom stereocenters. The molecule has 6 nitrogen and oxygen atoms in total. The van der Waals surface area contributed by atoms with Gasteiger partial charge >= 0.3 is 0 Å². The van der Waals surface area contributed by atoms with E-state index in [1.54, 1.807) is 22.2 Å². The van der Waals surface area contributed by atoms with Crippen molar-refractivity contribution in [3.05, 3.63) is 35.9 Å². The number of anilines is 1. The molecule has 2 aromatic heterocycles. The Bertz CT molecular complexity index is 735. The minimum absolute atomic E-state index is 0.0680. The third-order valence-corrected chi connectivity index (χ3v) is 4.29. The number of aryl methyl sites for hydroxylation is 2. The van der Waals surface area contributed by atoms with Gasteiger partial charge in [0.15, 0.2) is 11.0 Å². The first kappa shape index (κ1) is 13.0. The third kappa shape index (κ3) is 2.25. The standard InChI is InChI=1S/C13H15N5OS/c1-8-4-3-5-9-11(8)20-13(15-9)16-10(6-19)12-17-14-7-18(12)2/h3-5,7,10,19H,6H2,1-2H3,(H,15,16). The predicted octanol–water partition coefficient (Wildman–Crippen LogP) is 1.88. The Morgan fingerprint density at radius 2 is 2.30 bits per heavy atom. The van der Waals surface area contributed by atoms with Crippen LogP contribution in [-0.2, 0) is 7.05 Å². The van der Waals surface area contributed by atoms with Crippen LogP contribution in [0.2, 0.25) is 0 Å². The van der Waals surface area contributed by atoms with Crippen molar-refractivity contribution in [3.63, 3.8) is 0 Å². The molecule has 0 spiro atoms. The second kappa shape index (κ2) is 5.18. The van der Waals surface area contributed by atoms with E-state index >= 15 is 0 Å². The summed E-state index contributed by atoms with van der Waals surface area (Å²) in [6.45, 7) is 2.00. The predicted molar refractivity (Wildman–Crippen MR) is 78.8 cm³/mol. The Morgan fingerprint density at radius 3 is 2.95 bits per heavy atom. The van der Waals surface area contributed by atoms with Crippen molar-refractivity contribution >= 4 is 26.7 Å². The maximum Gasteiger partial charge on any atom is 0.184 e. The largest absolute Gasteiger partial charge is 0.394 e. The van der Waals surface area contributed by atoms with Crippen molar-refractivity contribution in [2.75, 3.05) is 11.9 Å². The van der Waals surface area contributed by atoms with Gasteiger partial charge in [0.1, 0.15) is 12.4 Å². The molecule has 0 amide bonds. The van der Waals surface area contributed by atoms with Crippen LogP contribution in [-0.4, -0.2) is 31.5 Å². The molecule has 7 heteroatoms. The van der Waals surface area contributed by atoms with Crippen LogP contribution in [0.3, 0.4) is 0 Å². The summed E-state index contributed by atoms with van der Waals surface area (Å²) in [5, 5.41) is 21.4. The van der Waals surface area contributed by atoms with Crippen molar-refractivity contribution in [3.8, 4) is 0 Å². The summed E-state index contributed by atoms with van der Waals surface area (Å²) in [7, 11) is 1.85. The molecule has 3 aromatic rings. The summed E-state index contributed by atoms with van der Waals surface area (Å²) in [5.74, 6) is 0.684. The van der Waals surface area contributed by atoms with Gasteiger partial charge in [-0.15, -0.1) is 10.2 Å². The average molecular weight is 289 g/mol. The molecule has 0 aliphatic carbocycles. The minimum atomic E-state index is -0.316. The Labute approximate surface area is 120 Å². The van der Waals surface area contributed by atoms with Crippen LogP contribution in [0.15, 0.2) is 24.5 Å². The normalized spacial score (nSPS) is 12.8. The molecule has 104 valence electrons. The van der Waals surface area contributed by atoms with Gasteiger partial charge in [-0.1, -0.05) is 23.5 Å². The number of aromatic nitrogens is 4. The van der Waals surface area contributed by atoms with E-state index in [4.69, 9.17) is 0 Å².